The summed E-state index contributed by atoms with van der Waals surface area (Å²) >= 11 is 0. The standard InChI is InChI=1S/C68H123NO8/c1-3-5-7-9-11-13-15-17-19-21-22-23-24-25-26-27-28-29-30-31-32-33-34-35-36-37-38-39-40-42-44-46-48-50-52-54-56-58-64(72)69-61(60-76-68-67(75)66(74)65(73)63(59-70)77-68)62(71)57-55-53-51-49-47-45-43-41-20-18-16-14-12-10-8-6-4-2/h5,7,11,13,17,19,22-23,25-26,28-29,61-63,65-68,70-71,73-75H,3-4,6,8-10,12,14-16,18,20-21,24,27,30-60H2,1-2H3,(H,69,72)/b7-5-,13-11-,19-17-,23-22-,26-25-,29-28-. The molecule has 7 unspecified atom stereocenters. The highest BCUT2D eigenvalue weighted by atomic mass is 16.7. The van der Waals surface area contributed by atoms with Gasteiger partial charge in [0.15, 0.2) is 6.29 Å². The predicted molar refractivity (Wildman–Crippen MR) is 327 cm³/mol. The van der Waals surface area contributed by atoms with E-state index in [1.54, 1.807) is 0 Å². The minimum absolute atomic E-state index is 0.137. The summed E-state index contributed by atoms with van der Waals surface area (Å²) in [5.74, 6) is -0.141. The van der Waals surface area contributed by atoms with Crippen LogP contribution in [0.3, 0.4) is 0 Å². The van der Waals surface area contributed by atoms with Crippen LogP contribution >= 0.6 is 0 Å². The van der Waals surface area contributed by atoms with Gasteiger partial charge < -0.3 is 40.3 Å². The number of ether oxygens (including phenoxy) is 2. The van der Waals surface area contributed by atoms with E-state index in [1.165, 1.54) is 193 Å². The fraction of sp³-hybridized carbons (Fsp3) is 0.809. The lowest BCUT2D eigenvalue weighted by molar-refractivity contribution is -0.302. The summed E-state index contributed by atoms with van der Waals surface area (Å²) in [5.41, 5.74) is 0. The first-order chi connectivity index (χ1) is 37.8. The lowest BCUT2D eigenvalue weighted by atomic mass is 9.99. The molecule has 0 aromatic carbocycles. The maximum atomic E-state index is 13.1. The molecule has 1 amide bonds. The third-order valence-corrected chi connectivity index (χ3v) is 15.3. The maximum absolute atomic E-state index is 13.1. The first-order valence-corrected chi connectivity index (χ1v) is 32.6. The van der Waals surface area contributed by atoms with Gasteiger partial charge >= 0.3 is 0 Å². The van der Waals surface area contributed by atoms with Crippen molar-refractivity contribution in [3.63, 3.8) is 0 Å². The first kappa shape index (κ1) is 72.6. The summed E-state index contributed by atoms with van der Waals surface area (Å²) in [6, 6.07) is -0.720. The zero-order valence-corrected chi connectivity index (χ0v) is 50.0. The number of allylic oxidation sites excluding steroid dienone is 12. The molecule has 0 radical (unpaired) electrons. The quantitative estimate of drug-likeness (QED) is 0.0261. The Balaban J connectivity index is 2.09. The summed E-state index contributed by atoms with van der Waals surface area (Å²) in [7, 11) is 0. The molecule has 0 bridgehead atoms. The molecule has 1 rings (SSSR count). The smallest absolute Gasteiger partial charge is 0.220 e. The van der Waals surface area contributed by atoms with Crippen molar-refractivity contribution >= 4 is 5.91 Å². The maximum Gasteiger partial charge on any atom is 0.220 e. The van der Waals surface area contributed by atoms with Gasteiger partial charge in [0.2, 0.25) is 5.91 Å². The number of nitrogens with one attached hydrogen (secondary N) is 1. The molecule has 1 aliphatic heterocycles. The Morgan fingerprint density at radius 3 is 1.19 bits per heavy atom. The molecule has 0 saturated carbocycles. The molecule has 77 heavy (non-hydrogen) atoms. The number of hydrogen-bond donors (Lipinski definition) is 6. The molecule has 1 aliphatic rings. The molecule has 0 aromatic heterocycles. The summed E-state index contributed by atoms with van der Waals surface area (Å²) in [4.78, 5) is 13.1. The van der Waals surface area contributed by atoms with Crippen molar-refractivity contribution in [3.8, 4) is 0 Å². The summed E-state index contributed by atoms with van der Waals surface area (Å²) < 4.78 is 11.3. The van der Waals surface area contributed by atoms with Crippen LogP contribution in [0.1, 0.15) is 296 Å². The highest BCUT2D eigenvalue weighted by Crippen LogP contribution is 2.23. The van der Waals surface area contributed by atoms with Gasteiger partial charge in [-0.25, -0.2) is 0 Å². The van der Waals surface area contributed by atoms with Crippen molar-refractivity contribution in [2.45, 2.75) is 339 Å². The average molecular weight is 1080 g/mol. The van der Waals surface area contributed by atoms with Crippen LogP contribution in [-0.2, 0) is 14.3 Å². The van der Waals surface area contributed by atoms with E-state index >= 15 is 0 Å². The largest absolute Gasteiger partial charge is 0.394 e. The molecule has 6 N–H and O–H groups in total. The van der Waals surface area contributed by atoms with E-state index in [0.717, 1.165) is 77.0 Å². The minimum atomic E-state index is -1.55. The Labute approximate surface area is 474 Å². The number of amides is 1. The highest BCUT2D eigenvalue weighted by Gasteiger charge is 2.44. The van der Waals surface area contributed by atoms with Gasteiger partial charge in [-0.3, -0.25) is 4.79 Å². The highest BCUT2D eigenvalue weighted by molar-refractivity contribution is 5.76. The minimum Gasteiger partial charge on any atom is -0.394 e. The Morgan fingerprint density at radius 2 is 0.805 bits per heavy atom. The van der Waals surface area contributed by atoms with Crippen molar-refractivity contribution in [2.24, 2.45) is 0 Å². The van der Waals surface area contributed by atoms with Crippen molar-refractivity contribution in [1.29, 1.82) is 0 Å². The molecule has 0 aliphatic carbocycles. The molecule has 448 valence electrons. The third kappa shape index (κ3) is 46.0. The van der Waals surface area contributed by atoms with Gasteiger partial charge in [-0.1, -0.05) is 299 Å². The van der Waals surface area contributed by atoms with Gasteiger partial charge in [0, 0.05) is 6.42 Å². The molecule has 1 heterocycles. The summed E-state index contributed by atoms with van der Waals surface area (Å²) in [5, 5.41) is 54.8. The first-order valence-electron chi connectivity index (χ1n) is 32.6. The fourth-order valence-electron chi connectivity index (χ4n) is 10.2. The second kappa shape index (κ2) is 56.9. The lowest BCUT2D eigenvalue weighted by Gasteiger charge is -2.40. The Hall–Kier alpha value is -2.37. The van der Waals surface area contributed by atoms with Crippen LogP contribution in [0.2, 0.25) is 0 Å². The SMILES string of the molecule is CC/C=C\C/C=C\C/C=C\C/C=C\C/C=C\C/C=C\CCCCCCCCCCCCCCCCCCCCC(=O)NC(COC1OC(CO)C(O)C(O)C1O)C(O)CCCCCCCCCCCCCCCCCCC. The van der Waals surface area contributed by atoms with Crippen LogP contribution in [0, 0.1) is 0 Å². The van der Waals surface area contributed by atoms with Crippen molar-refractivity contribution < 1.29 is 39.8 Å². The Bertz CT molecular complexity index is 1440. The van der Waals surface area contributed by atoms with Gasteiger partial charge in [-0.15, -0.1) is 0 Å². The molecular weight excluding hydrogens is 959 g/mol. The number of hydrogen-bond acceptors (Lipinski definition) is 8. The van der Waals surface area contributed by atoms with E-state index in [9.17, 15) is 30.3 Å². The number of unbranched alkanes of at least 4 members (excludes halogenated alkanes) is 34. The number of aliphatic hydroxyl groups is 5. The molecule has 0 spiro atoms. The second-order valence-electron chi connectivity index (χ2n) is 22.5. The van der Waals surface area contributed by atoms with Crippen LogP contribution in [0.5, 0.6) is 0 Å². The number of carbonyl (C=O) groups is 1. The zero-order chi connectivity index (χ0) is 55.8. The number of rotatable bonds is 56. The molecule has 1 saturated heterocycles. The molecule has 7 atom stereocenters. The van der Waals surface area contributed by atoms with Gasteiger partial charge in [0.05, 0.1) is 25.4 Å². The van der Waals surface area contributed by atoms with Crippen LogP contribution in [0.15, 0.2) is 72.9 Å². The summed E-state index contributed by atoms with van der Waals surface area (Å²) in [6.07, 6.45) is 72.4. The molecule has 0 aromatic rings. The molecular formula is C68H123NO8. The monoisotopic (exact) mass is 1080 g/mol. The molecule has 9 heteroatoms. The van der Waals surface area contributed by atoms with Crippen molar-refractivity contribution in [3.05, 3.63) is 72.9 Å². The van der Waals surface area contributed by atoms with Gasteiger partial charge in [0.1, 0.15) is 24.4 Å². The molecule has 1 fully saturated rings. The number of carbonyl (C=O) groups excluding carboxylic acids is 1. The van der Waals surface area contributed by atoms with Crippen LogP contribution in [0.4, 0.5) is 0 Å². The fourth-order valence-corrected chi connectivity index (χ4v) is 10.2. The molecule has 9 nitrogen and oxygen atoms in total. The zero-order valence-electron chi connectivity index (χ0n) is 50.0. The third-order valence-electron chi connectivity index (χ3n) is 15.3. The normalized spacial score (nSPS) is 19.2. The van der Waals surface area contributed by atoms with Crippen LogP contribution < -0.4 is 5.32 Å². The van der Waals surface area contributed by atoms with Crippen LogP contribution in [-0.4, -0.2) is 87.5 Å². The van der Waals surface area contributed by atoms with Crippen LogP contribution in [0.25, 0.3) is 0 Å². The van der Waals surface area contributed by atoms with E-state index in [2.05, 4.69) is 92.1 Å². The Kier molecular flexibility index (Phi) is 53.7. The van der Waals surface area contributed by atoms with Crippen molar-refractivity contribution in [1.82, 2.24) is 5.32 Å². The van der Waals surface area contributed by atoms with E-state index in [1.807, 2.05) is 0 Å². The Morgan fingerprint density at radius 1 is 0.455 bits per heavy atom. The second-order valence-corrected chi connectivity index (χ2v) is 22.5. The average Bonchev–Trinajstić information content (AvgIpc) is 3.43. The van der Waals surface area contributed by atoms with E-state index in [0.29, 0.717) is 12.8 Å². The van der Waals surface area contributed by atoms with Crippen molar-refractivity contribution in [2.75, 3.05) is 13.2 Å². The van der Waals surface area contributed by atoms with E-state index in [-0.39, 0.29) is 12.5 Å². The van der Waals surface area contributed by atoms with Gasteiger partial charge in [-0.2, -0.15) is 0 Å². The van der Waals surface area contributed by atoms with E-state index in [4.69, 9.17) is 9.47 Å². The summed E-state index contributed by atoms with van der Waals surface area (Å²) in [6.45, 7) is 3.75. The number of aliphatic hydroxyl groups excluding tert-OH is 5. The predicted octanol–water partition coefficient (Wildman–Crippen LogP) is 17.2. The topological polar surface area (TPSA) is 149 Å². The van der Waals surface area contributed by atoms with Gasteiger partial charge in [0.25, 0.3) is 0 Å². The van der Waals surface area contributed by atoms with E-state index < -0.39 is 49.5 Å². The van der Waals surface area contributed by atoms with Gasteiger partial charge in [-0.05, 0) is 64.2 Å². The lowest BCUT2D eigenvalue weighted by Crippen LogP contribution is -2.60.